The third-order valence-electron chi connectivity index (χ3n) is 3.08. The molecule has 0 aromatic carbocycles. The zero-order valence-corrected chi connectivity index (χ0v) is 12.3. The number of urea groups is 1. The summed E-state index contributed by atoms with van der Waals surface area (Å²) in [6.07, 6.45) is 0.924. The summed E-state index contributed by atoms with van der Waals surface area (Å²) in [6.45, 7) is 6.39. The summed E-state index contributed by atoms with van der Waals surface area (Å²) in [7, 11) is 1.74. The number of hydrogen-bond acceptors (Lipinski definition) is 3. The van der Waals surface area contributed by atoms with E-state index >= 15 is 0 Å². The summed E-state index contributed by atoms with van der Waals surface area (Å²) in [5, 5.41) is 11.4. The first-order valence-electron chi connectivity index (χ1n) is 6.64. The molecular weight excluding hydrogens is 260 g/mol. The number of amides is 2. The number of carbonyl (C=O) groups is 2. The average molecular weight is 282 g/mol. The van der Waals surface area contributed by atoms with Crippen LogP contribution in [0.2, 0.25) is 0 Å². The maximum absolute atomic E-state index is 11.9. The minimum absolute atomic E-state index is 0.129. The minimum Gasteiger partial charge on any atom is -0.475 e. The van der Waals surface area contributed by atoms with Gasteiger partial charge in [0.15, 0.2) is 0 Å². The second-order valence-corrected chi connectivity index (χ2v) is 5.32. The number of nitrogens with one attached hydrogen (secondary N) is 1. The number of nitrogens with zero attached hydrogens (tertiary/aromatic N) is 1. The van der Waals surface area contributed by atoms with Crippen molar-refractivity contribution in [3.8, 4) is 0 Å². The number of carboxylic acids is 1. The molecule has 1 atom stereocenters. The first-order valence-corrected chi connectivity index (χ1v) is 6.64. The molecule has 20 heavy (non-hydrogen) atoms. The standard InChI is InChI=1S/C14H22N2O4/c1-9(2)7-10(3)16(4)14(19)15-8-11-5-6-12(20-11)13(17)18/h5-6,9-10H,7-8H2,1-4H3,(H,15,19)(H,17,18). The van der Waals surface area contributed by atoms with Gasteiger partial charge in [0.2, 0.25) is 5.76 Å². The molecule has 0 spiro atoms. The topological polar surface area (TPSA) is 82.8 Å². The predicted octanol–water partition coefficient (Wildman–Crippen LogP) is 2.55. The maximum atomic E-state index is 11.9. The summed E-state index contributed by atoms with van der Waals surface area (Å²) in [5.74, 6) is -0.315. The molecule has 0 aliphatic rings. The van der Waals surface area contributed by atoms with Crippen LogP contribution in [0, 0.1) is 5.92 Å². The Labute approximate surface area is 118 Å². The molecule has 1 heterocycles. The molecule has 0 bridgehead atoms. The summed E-state index contributed by atoms with van der Waals surface area (Å²) >= 11 is 0. The van der Waals surface area contributed by atoms with Gasteiger partial charge in [-0.25, -0.2) is 9.59 Å². The van der Waals surface area contributed by atoms with E-state index in [1.807, 2.05) is 6.92 Å². The molecule has 0 fully saturated rings. The second kappa shape index (κ2) is 6.98. The Kier molecular flexibility index (Phi) is 5.61. The van der Waals surface area contributed by atoms with E-state index in [9.17, 15) is 9.59 Å². The van der Waals surface area contributed by atoms with E-state index in [0.717, 1.165) is 6.42 Å². The van der Waals surface area contributed by atoms with Gasteiger partial charge in [-0.15, -0.1) is 0 Å². The third-order valence-corrected chi connectivity index (χ3v) is 3.08. The van der Waals surface area contributed by atoms with Crippen LogP contribution in [0.1, 0.15) is 43.5 Å². The van der Waals surface area contributed by atoms with Gasteiger partial charge in [0.05, 0.1) is 6.54 Å². The Morgan fingerprint density at radius 1 is 1.35 bits per heavy atom. The Morgan fingerprint density at radius 2 is 2.00 bits per heavy atom. The first-order chi connectivity index (χ1) is 9.31. The maximum Gasteiger partial charge on any atom is 0.371 e. The Morgan fingerprint density at radius 3 is 2.50 bits per heavy atom. The number of aromatic carboxylic acids is 1. The lowest BCUT2D eigenvalue weighted by Crippen LogP contribution is -2.42. The van der Waals surface area contributed by atoms with Crippen molar-refractivity contribution in [2.75, 3.05) is 7.05 Å². The molecule has 1 unspecified atom stereocenters. The SMILES string of the molecule is CC(C)CC(C)N(C)C(=O)NCc1ccc(C(=O)O)o1. The molecule has 6 heteroatoms. The van der Waals surface area contributed by atoms with E-state index in [0.29, 0.717) is 11.7 Å². The van der Waals surface area contributed by atoms with E-state index in [1.165, 1.54) is 6.07 Å². The van der Waals surface area contributed by atoms with Crippen LogP contribution >= 0.6 is 0 Å². The van der Waals surface area contributed by atoms with Crippen LogP contribution in [0.3, 0.4) is 0 Å². The molecule has 0 aliphatic heterocycles. The third kappa shape index (κ3) is 4.60. The van der Waals surface area contributed by atoms with Crippen LogP contribution in [0.4, 0.5) is 4.79 Å². The van der Waals surface area contributed by atoms with Gasteiger partial charge in [0.25, 0.3) is 0 Å². The van der Waals surface area contributed by atoms with Gasteiger partial charge < -0.3 is 19.7 Å². The lowest BCUT2D eigenvalue weighted by molar-refractivity contribution is 0.0660. The summed E-state index contributed by atoms with van der Waals surface area (Å²) in [4.78, 5) is 24.2. The monoisotopic (exact) mass is 282 g/mol. The molecular formula is C14H22N2O4. The lowest BCUT2D eigenvalue weighted by atomic mass is 10.0. The fourth-order valence-electron chi connectivity index (χ4n) is 1.92. The fraction of sp³-hybridized carbons (Fsp3) is 0.571. The quantitative estimate of drug-likeness (QED) is 0.840. The van der Waals surface area contributed by atoms with Crippen LogP contribution in [-0.2, 0) is 6.54 Å². The highest BCUT2D eigenvalue weighted by molar-refractivity contribution is 5.84. The van der Waals surface area contributed by atoms with Crippen molar-refractivity contribution in [2.45, 2.75) is 39.8 Å². The number of furan rings is 1. The van der Waals surface area contributed by atoms with Gasteiger partial charge in [-0.1, -0.05) is 13.8 Å². The van der Waals surface area contributed by atoms with Crippen molar-refractivity contribution in [1.29, 1.82) is 0 Å². The van der Waals surface area contributed by atoms with Gasteiger partial charge >= 0.3 is 12.0 Å². The Hall–Kier alpha value is -1.98. The lowest BCUT2D eigenvalue weighted by Gasteiger charge is -2.26. The highest BCUT2D eigenvalue weighted by Crippen LogP contribution is 2.10. The minimum atomic E-state index is -1.12. The van der Waals surface area contributed by atoms with Crippen molar-refractivity contribution in [3.63, 3.8) is 0 Å². The van der Waals surface area contributed by atoms with Gasteiger partial charge in [0, 0.05) is 13.1 Å². The van der Waals surface area contributed by atoms with Gasteiger partial charge in [-0.3, -0.25) is 0 Å². The van der Waals surface area contributed by atoms with E-state index in [4.69, 9.17) is 9.52 Å². The Bertz CT molecular complexity index is 467. The van der Waals surface area contributed by atoms with Crippen molar-refractivity contribution >= 4 is 12.0 Å². The summed E-state index contributed by atoms with van der Waals surface area (Å²) in [6, 6.07) is 2.85. The van der Waals surface area contributed by atoms with E-state index in [2.05, 4.69) is 19.2 Å². The number of rotatable bonds is 6. The summed E-state index contributed by atoms with van der Waals surface area (Å²) < 4.78 is 5.07. The van der Waals surface area contributed by atoms with E-state index < -0.39 is 5.97 Å². The Balaban J connectivity index is 2.47. The second-order valence-electron chi connectivity index (χ2n) is 5.32. The fourth-order valence-corrected chi connectivity index (χ4v) is 1.92. The molecule has 1 rings (SSSR count). The van der Waals surface area contributed by atoms with Gasteiger partial charge in [-0.05, 0) is 31.4 Å². The normalized spacial score (nSPS) is 12.2. The van der Waals surface area contributed by atoms with Crippen LogP contribution in [0.15, 0.2) is 16.5 Å². The molecule has 112 valence electrons. The molecule has 2 N–H and O–H groups in total. The molecule has 1 aromatic heterocycles. The molecule has 0 radical (unpaired) electrons. The number of carbonyl (C=O) groups excluding carboxylic acids is 1. The van der Waals surface area contributed by atoms with Crippen LogP contribution in [0.5, 0.6) is 0 Å². The van der Waals surface area contributed by atoms with Crippen molar-refractivity contribution in [1.82, 2.24) is 10.2 Å². The largest absolute Gasteiger partial charge is 0.475 e. The number of carboxylic acid groups (broad SMARTS) is 1. The van der Waals surface area contributed by atoms with Crippen LogP contribution in [-0.4, -0.2) is 35.1 Å². The molecule has 1 aromatic rings. The highest BCUT2D eigenvalue weighted by Gasteiger charge is 2.17. The summed E-state index contributed by atoms with van der Waals surface area (Å²) in [5.41, 5.74) is 0. The molecule has 2 amide bonds. The van der Waals surface area contributed by atoms with Crippen molar-refractivity contribution in [3.05, 3.63) is 23.7 Å². The van der Waals surface area contributed by atoms with E-state index in [1.54, 1.807) is 18.0 Å². The average Bonchev–Trinajstić information content (AvgIpc) is 2.83. The zero-order chi connectivity index (χ0) is 15.3. The van der Waals surface area contributed by atoms with Crippen LogP contribution in [0.25, 0.3) is 0 Å². The van der Waals surface area contributed by atoms with Crippen LogP contribution < -0.4 is 5.32 Å². The molecule has 0 aliphatic carbocycles. The zero-order valence-electron chi connectivity index (χ0n) is 12.3. The van der Waals surface area contributed by atoms with Crippen molar-refractivity contribution in [2.24, 2.45) is 5.92 Å². The highest BCUT2D eigenvalue weighted by atomic mass is 16.4. The predicted molar refractivity (Wildman–Crippen MR) is 74.6 cm³/mol. The molecule has 6 nitrogen and oxygen atoms in total. The first kappa shape index (κ1) is 16.1. The number of hydrogen-bond donors (Lipinski definition) is 2. The smallest absolute Gasteiger partial charge is 0.371 e. The van der Waals surface area contributed by atoms with Gasteiger partial charge in [-0.2, -0.15) is 0 Å². The van der Waals surface area contributed by atoms with E-state index in [-0.39, 0.29) is 24.4 Å². The molecule has 0 saturated carbocycles. The molecule has 0 saturated heterocycles. The van der Waals surface area contributed by atoms with Crippen molar-refractivity contribution < 1.29 is 19.1 Å². The van der Waals surface area contributed by atoms with Gasteiger partial charge in [0.1, 0.15) is 5.76 Å².